The number of rotatable bonds is 1. The molecule has 1 saturated heterocycles. The summed E-state index contributed by atoms with van der Waals surface area (Å²) in [7, 11) is 0. The average molecular weight is 321 g/mol. The molecule has 3 nitrogen and oxygen atoms in total. The van der Waals surface area contributed by atoms with Crippen molar-refractivity contribution in [1.29, 1.82) is 0 Å². The molecular weight excluding hydrogens is 300 g/mol. The molecule has 124 valence electrons. The zero-order valence-electron chi connectivity index (χ0n) is 13.7. The van der Waals surface area contributed by atoms with Crippen molar-refractivity contribution >= 4 is 12.2 Å². The summed E-state index contributed by atoms with van der Waals surface area (Å²) in [6.07, 6.45) is 2.87. The highest BCUT2D eigenvalue weighted by Gasteiger charge is 2.52. The second-order valence-corrected chi connectivity index (χ2v) is 7.63. The number of amides is 1. The van der Waals surface area contributed by atoms with Crippen molar-refractivity contribution < 1.29 is 18.3 Å². The molecule has 1 heterocycles. The summed E-state index contributed by atoms with van der Waals surface area (Å²) in [5.74, 6) is -1.08. The van der Waals surface area contributed by atoms with Crippen molar-refractivity contribution in [3.05, 3.63) is 41.0 Å². The van der Waals surface area contributed by atoms with E-state index in [1.54, 1.807) is 11.0 Å². The fraction of sp³-hybridized carbons (Fsp3) is 0.500. The van der Waals surface area contributed by atoms with Crippen LogP contribution in [0, 0.1) is 17.0 Å². The van der Waals surface area contributed by atoms with Crippen LogP contribution in [0.1, 0.15) is 39.2 Å². The van der Waals surface area contributed by atoms with Gasteiger partial charge in [0.2, 0.25) is 0 Å². The van der Waals surface area contributed by atoms with Gasteiger partial charge in [0.05, 0.1) is 0 Å². The Morgan fingerprint density at radius 2 is 1.78 bits per heavy atom. The molecule has 0 unspecified atom stereocenters. The smallest absolute Gasteiger partial charge is 0.410 e. The Morgan fingerprint density at radius 1 is 1.22 bits per heavy atom. The van der Waals surface area contributed by atoms with Gasteiger partial charge in [-0.3, -0.25) is 0 Å². The normalized spacial score (nSPS) is 19.2. The minimum absolute atomic E-state index is 0.0284. The van der Waals surface area contributed by atoms with E-state index in [0.717, 1.165) is 18.4 Å². The number of halogens is 2. The lowest BCUT2D eigenvalue weighted by molar-refractivity contribution is -0.0498. The summed E-state index contributed by atoms with van der Waals surface area (Å²) in [4.78, 5) is 13.6. The topological polar surface area (TPSA) is 29.5 Å². The summed E-state index contributed by atoms with van der Waals surface area (Å²) in [5.41, 5.74) is 0.635. The van der Waals surface area contributed by atoms with Gasteiger partial charge >= 0.3 is 6.09 Å². The maximum absolute atomic E-state index is 13.6. The van der Waals surface area contributed by atoms with E-state index in [1.165, 1.54) is 18.2 Å². The van der Waals surface area contributed by atoms with E-state index in [2.05, 4.69) is 0 Å². The van der Waals surface area contributed by atoms with Crippen LogP contribution in [0.4, 0.5) is 13.6 Å². The molecule has 1 amide bonds. The van der Waals surface area contributed by atoms with Crippen molar-refractivity contribution in [2.75, 3.05) is 13.1 Å². The first-order valence-electron chi connectivity index (χ1n) is 7.79. The fourth-order valence-electron chi connectivity index (χ4n) is 3.31. The van der Waals surface area contributed by atoms with Crippen LogP contribution in [0.2, 0.25) is 0 Å². The standard InChI is InChI=1S/C18H21F2NO2/c1-17(2,3)23-16(22)21-10-18(11-21)8-12(9-18)7-13-14(19)5-4-6-15(13)20/h4-7H,8-11H2,1-3H3. The molecule has 0 aromatic heterocycles. The van der Waals surface area contributed by atoms with Gasteiger partial charge in [0.1, 0.15) is 17.2 Å². The summed E-state index contributed by atoms with van der Waals surface area (Å²) in [6.45, 7) is 6.83. The summed E-state index contributed by atoms with van der Waals surface area (Å²) in [6, 6.07) is 3.88. The summed E-state index contributed by atoms with van der Waals surface area (Å²) in [5, 5.41) is 0. The van der Waals surface area contributed by atoms with Gasteiger partial charge in [-0.1, -0.05) is 11.6 Å². The van der Waals surface area contributed by atoms with Crippen molar-refractivity contribution in [2.24, 2.45) is 5.41 Å². The number of hydrogen-bond acceptors (Lipinski definition) is 2. The number of nitrogens with zero attached hydrogens (tertiary/aromatic N) is 1. The maximum Gasteiger partial charge on any atom is 0.410 e. The van der Waals surface area contributed by atoms with Crippen LogP contribution in [-0.2, 0) is 4.74 Å². The van der Waals surface area contributed by atoms with Crippen LogP contribution in [0.25, 0.3) is 6.08 Å². The lowest BCUT2D eigenvalue weighted by Gasteiger charge is -2.56. The Morgan fingerprint density at radius 3 is 2.30 bits per heavy atom. The molecule has 23 heavy (non-hydrogen) atoms. The van der Waals surface area contributed by atoms with E-state index < -0.39 is 17.2 Å². The molecule has 5 heteroatoms. The van der Waals surface area contributed by atoms with Gasteiger partial charge < -0.3 is 9.64 Å². The van der Waals surface area contributed by atoms with Crippen LogP contribution in [0.5, 0.6) is 0 Å². The number of benzene rings is 1. The van der Waals surface area contributed by atoms with Crippen LogP contribution in [-0.4, -0.2) is 29.7 Å². The quantitative estimate of drug-likeness (QED) is 0.768. The molecule has 0 radical (unpaired) electrons. The Bertz CT molecular complexity index is 640. The Kier molecular flexibility index (Phi) is 3.69. The first kappa shape index (κ1) is 16.0. The number of likely N-dealkylation sites (tertiary alicyclic amines) is 1. The second-order valence-electron chi connectivity index (χ2n) is 7.63. The van der Waals surface area contributed by atoms with Gasteiger partial charge in [-0.2, -0.15) is 0 Å². The Hall–Kier alpha value is -1.91. The van der Waals surface area contributed by atoms with E-state index in [-0.39, 0.29) is 17.1 Å². The second kappa shape index (κ2) is 5.32. The number of ether oxygens (including phenoxy) is 1. The minimum Gasteiger partial charge on any atom is -0.444 e. The average Bonchev–Trinajstić information content (AvgIpc) is 2.31. The number of hydrogen-bond donors (Lipinski definition) is 0. The molecule has 0 bridgehead atoms. The third-order valence-corrected chi connectivity index (χ3v) is 4.26. The lowest BCUT2D eigenvalue weighted by atomic mass is 9.60. The van der Waals surface area contributed by atoms with Gasteiger partial charge in [-0.25, -0.2) is 13.6 Å². The van der Waals surface area contributed by atoms with Crippen LogP contribution >= 0.6 is 0 Å². The van der Waals surface area contributed by atoms with Gasteiger partial charge in [0, 0.05) is 24.1 Å². The molecule has 2 aliphatic rings. The molecule has 0 N–H and O–H groups in total. The SMILES string of the molecule is CC(C)(C)OC(=O)N1CC2(CC(=Cc3c(F)cccc3F)C2)C1. The molecule has 1 spiro atoms. The van der Waals surface area contributed by atoms with E-state index in [9.17, 15) is 13.6 Å². The van der Waals surface area contributed by atoms with E-state index in [1.807, 2.05) is 20.8 Å². The molecule has 2 fully saturated rings. The highest BCUT2D eigenvalue weighted by atomic mass is 19.1. The van der Waals surface area contributed by atoms with Crippen molar-refractivity contribution in [2.45, 2.75) is 39.2 Å². The molecule has 3 rings (SSSR count). The molecule has 1 saturated carbocycles. The predicted octanol–water partition coefficient (Wildman–Crippen LogP) is 4.38. The zero-order chi connectivity index (χ0) is 16.8. The first-order valence-corrected chi connectivity index (χ1v) is 7.79. The monoisotopic (exact) mass is 321 g/mol. The summed E-state index contributed by atoms with van der Waals surface area (Å²) >= 11 is 0. The van der Waals surface area contributed by atoms with Crippen molar-refractivity contribution in [1.82, 2.24) is 4.90 Å². The maximum atomic E-state index is 13.6. The highest BCUT2D eigenvalue weighted by molar-refractivity contribution is 5.70. The molecule has 1 aliphatic heterocycles. The van der Waals surface area contributed by atoms with E-state index >= 15 is 0 Å². The van der Waals surface area contributed by atoms with Gasteiger partial charge in [0.15, 0.2) is 0 Å². The Balaban J connectivity index is 1.57. The largest absolute Gasteiger partial charge is 0.444 e. The predicted molar refractivity (Wildman–Crippen MR) is 83.8 cm³/mol. The molecule has 1 aliphatic carbocycles. The van der Waals surface area contributed by atoms with Gasteiger partial charge in [-0.15, -0.1) is 0 Å². The first-order chi connectivity index (χ1) is 10.7. The highest BCUT2D eigenvalue weighted by Crippen LogP contribution is 2.52. The fourth-order valence-corrected chi connectivity index (χ4v) is 3.31. The number of allylic oxidation sites excluding steroid dienone is 1. The van der Waals surface area contributed by atoms with Gasteiger partial charge in [0.25, 0.3) is 0 Å². The summed E-state index contributed by atoms with van der Waals surface area (Å²) < 4.78 is 32.6. The number of carbonyl (C=O) groups excluding carboxylic acids is 1. The Labute approximate surface area is 134 Å². The molecule has 0 atom stereocenters. The van der Waals surface area contributed by atoms with Gasteiger partial charge in [-0.05, 0) is 51.8 Å². The van der Waals surface area contributed by atoms with Crippen molar-refractivity contribution in [3.63, 3.8) is 0 Å². The molecular formula is C18H21F2NO2. The zero-order valence-corrected chi connectivity index (χ0v) is 13.7. The van der Waals surface area contributed by atoms with Crippen LogP contribution in [0.15, 0.2) is 23.8 Å². The van der Waals surface area contributed by atoms with E-state index in [4.69, 9.17) is 4.74 Å². The minimum atomic E-state index is -0.539. The lowest BCUT2D eigenvalue weighted by Crippen LogP contribution is -2.62. The molecule has 1 aromatic rings. The molecule has 1 aromatic carbocycles. The van der Waals surface area contributed by atoms with Crippen LogP contribution in [0.3, 0.4) is 0 Å². The third kappa shape index (κ3) is 3.23. The number of carbonyl (C=O) groups is 1. The van der Waals surface area contributed by atoms with Crippen LogP contribution < -0.4 is 0 Å². The van der Waals surface area contributed by atoms with Crippen molar-refractivity contribution in [3.8, 4) is 0 Å². The van der Waals surface area contributed by atoms with E-state index in [0.29, 0.717) is 13.1 Å². The third-order valence-electron chi connectivity index (χ3n) is 4.26.